The molecule has 0 fully saturated rings. The molecule has 27 heavy (non-hydrogen) atoms. The molecule has 0 aliphatic carbocycles. The van der Waals surface area contributed by atoms with Crippen molar-refractivity contribution in [2.24, 2.45) is 5.10 Å². The summed E-state index contributed by atoms with van der Waals surface area (Å²) in [5.74, 6) is 0.0807. The van der Waals surface area contributed by atoms with Crippen LogP contribution in [-0.2, 0) is 11.2 Å². The quantitative estimate of drug-likeness (QED) is 0.704. The van der Waals surface area contributed by atoms with Crippen LogP contribution in [0.3, 0.4) is 0 Å². The van der Waals surface area contributed by atoms with Crippen LogP contribution in [-0.4, -0.2) is 27.9 Å². The molecule has 2 aromatic rings. The molecule has 0 unspecified atom stereocenters. The first-order valence-corrected chi connectivity index (χ1v) is 9.43. The molecule has 0 saturated carbocycles. The Kier molecular flexibility index (Phi) is 5.54. The summed E-state index contributed by atoms with van der Waals surface area (Å²) in [6, 6.07) is 17.7. The molecule has 0 spiro atoms. The number of amides is 1. The van der Waals surface area contributed by atoms with Gasteiger partial charge in [0.05, 0.1) is 11.3 Å². The van der Waals surface area contributed by atoms with Crippen LogP contribution in [0.5, 0.6) is 0 Å². The van der Waals surface area contributed by atoms with Gasteiger partial charge in [0.25, 0.3) is 0 Å². The molecule has 1 heterocycles. The molecule has 1 aliphatic heterocycles. The summed E-state index contributed by atoms with van der Waals surface area (Å²) in [6.45, 7) is 5.63. The van der Waals surface area contributed by atoms with Gasteiger partial charge in [-0.15, -0.1) is 0 Å². The Hall–Kier alpha value is -2.75. The third-order valence-corrected chi connectivity index (χ3v) is 4.93. The average Bonchev–Trinajstić information content (AvgIpc) is 2.98. The first-order valence-electron chi connectivity index (χ1n) is 9.43. The Balaban J connectivity index is 1.69. The van der Waals surface area contributed by atoms with E-state index in [0.29, 0.717) is 18.4 Å². The summed E-state index contributed by atoms with van der Waals surface area (Å²) >= 11 is 0. The number of hydrogen-bond acceptors (Lipinski definition) is 3. The molecular formula is C23H26N2O2. The van der Waals surface area contributed by atoms with Gasteiger partial charge in [0.2, 0.25) is 5.91 Å². The lowest BCUT2D eigenvalue weighted by Crippen LogP contribution is -2.40. The number of rotatable bonds is 6. The van der Waals surface area contributed by atoms with Crippen LogP contribution in [0.2, 0.25) is 0 Å². The molecule has 0 bridgehead atoms. The third-order valence-electron chi connectivity index (χ3n) is 4.93. The van der Waals surface area contributed by atoms with E-state index in [1.54, 1.807) is 18.0 Å². The number of hydrazone groups is 1. The van der Waals surface area contributed by atoms with Crippen molar-refractivity contribution in [3.63, 3.8) is 0 Å². The lowest BCUT2D eigenvalue weighted by molar-refractivity contribution is -0.135. The van der Waals surface area contributed by atoms with Crippen molar-refractivity contribution >= 4 is 17.4 Å². The van der Waals surface area contributed by atoms with E-state index in [2.05, 4.69) is 17.2 Å². The molecule has 3 rings (SSSR count). The highest BCUT2D eigenvalue weighted by atomic mass is 16.2. The largest absolute Gasteiger partial charge is 0.295 e. The highest BCUT2D eigenvalue weighted by molar-refractivity contribution is 6.05. The summed E-state index contributed by atoms with van der Waals surface area (Å²) < 4.78 is 0. The summed E-state index contributed by atoms with van der Waals surface area (Å²) in [5.41, 5.74) is 3.33. The van der Waals surface area contributed by atoms with Crippen molar-refractivity contribution in [2.75, 3.05) is 0 Å². The minimum atomic E-state index is -0.356. The van der Waals surface area contributed by atoms with Gasteiger partial charge in [-0.1, -0.05) is 48.5 Å². The number of ketones is 1. The first kappa shape index (κ1) is 19.0. The van der Waals surface area contributed by atoms with E-state index in [4.69, 9.17) is 0 Å². The fourth-order valence-electron chi connectivity index (χ4n) is 3.44. The molecule has 1 amide bonds. The minimum absolute atomic E-state index is 0.0311. The Morgan fingerprint density at radius 1 is 1.07 bits per heavy atom. The van der Waals surface area contributed by atoms with Crippen LogP contribution in [0.25, 0.3) is 0 Å². The smallest absolute Gasteiger partial charge is 0.243 e. The van der Waals surface area contributed by atoms with Crippen molar-refractivity contribution < 1.29 is 9.59 Å². The first-order chi connectivity index (χ1) is 12.9. The van der Waals surface area contributed by atoms with Gasteiger partial charge in [0.1, 0.15) is 0 Å². The zero-order valence-corrected chi connectivity index (χ0v) is 16.2. The van der Waals surface area contributed by atoms with E-state index in [1.165, 1.54) is 5.56 Å². The molecule has 1 aliphatic rings. The van der Waals surface area contributed by atoms with Crippen molar-refractivity contribution in [2.45, 2.75) is 52.0 Å². The monoisotopic (exact) mass is 362 g/mol. The highest BCUT2D eigenvalue weighted by Crippen LogP contribution is 2.30. The van der Waals surface area contributed by atoms with E-state index in [9.17, 15) is 9.59 Å². The zero-order chi connectivity index (χ0) is 19.4. The van der Waals surface area contributed by atoms with Gasteiger partial charge >= 0.3 is 0 Å². The number of carbonyl (C=O) groups is 2. The topological polar surface area (TPSA) is 49.7 Å². The maximum atomic E-state index is 12.8. The second-order valence-electron chi connectivity index (χ2n) is 7.72. The van der Waals surface area contributed by atoms with Gasteiger partial charge < -0.3 is 0 Å². The molecule has 0 atom stereocenters. The molecule has 0 radical (unpaired) electrons. The van der Waals surface area contributed by atoms with E-state index in [0.717, 1.165) is 24.1 Å². The summed E-state index contributed by atoms with van der Waals surface area (Å²) in [7, 11) is 0. The Morgan fingerprint density at radius 3 is 2.52 bits per heavy atom. The van der Waals surface area contributed by atoms with Gasteiger partial charge in [-0.05, 0) is 50.8 Å². The van der Waals surface area contributed by atoms with Crippen molar-refractivity contribution in [3.05, 3.63) is 71.3 Å². The fourth-order valence-corrected chi connectivity index (χ4v) is 3.44. The van der Waals surface area contributed by atoms with E-state index >= 15 is 0 Å². The number of Topliss-reactive ketones (excluding diaryl/α,β-unsaturated/α-hetero) is 1. The molecule has 4 nitrogen and oxygen atoms in total. The fraction of sp³-hybridized carbons (Fsp3) is 0.348. The highest BCUT2D eigenvalue weighted by Gasteiger charge is 2.38. The van der Waals surface area contributed by atoms with Crippen LogP contribution in [0.4, 0.5) is 0 Å². The van der Waals surface area contributed by atoms with Crippen LogP contribution in [0.1, 0.15) is 61.5 Å². The maximum absolute atomic E-state index is 12.8. The lowest BCUT2D eigenvalue weighted by atomic mass is 9.93. The Morgan fingerprint density at radius 2 is 1.81 bits per heavy atom. The molecule has 140 valence electrons. The molecule has 2 aromatic carbocycles. The third kappa shape index (κ3) is 4.51. The number of carbonyl (C=O) groups excluding carboxylic acids is 2. The predicted molar refractivity (Wildman–Crippen MR) is 108 cm³/mol. The average molecular weight is 362 g/mol. The number of nitrogens with zero attached hydrogens (tertiary/aromatic N) is 2. The Bertz CT molecular complexity index is 869. The van der Waals surface area contributed by atoms with Crippen molar-refractivity contribution in [1.82, 2.24) is 5.01 Å². The summed E-state index contributed by atoms with van der Waals surface area (Å²) in [5, 5.41) is 6.26. The number of aryl methyl sites for hydroxylation is 1. The summed E-state index contributed by atoms with van der Waals surface area (Å²) in [6.07, 6.45) is 2.85. The van der Waals surface area contributed by atoms with Gasteiger partial charge in [-0.2, -0.15) is 5.10 Å². The second-order valence-corrected chi connectivity index (χ2v) is 7.72. The molecule has 4 heteroatoms. The van der Waals surface area contributed by atoms with Crippen LogP contribution < -0.4 is 0 Å². The van der Waals surface area contributed by atoms with Crippen LogP contribution in [0, 0.1) is 0 Å². The molecule has 0 saturated heterocycles. The van der Waals surface area contributed by atoms with Gasteiger partial charge in [0.15, 0.2) is 5.78 Å². The van der Waals surface area contributed by atoms with Gasteiger partial charge in [-0.25, -0.2) is 5.01 Å². The van der Waals surface area contributed by atoms with Crippen molar-refractivity contribution in [3.8, 4) is 0 Å². The lowest BCUT2D eigenvalue weighted by Gasteiger charge is -2.28. The number of benzene rings is 2. The minimum Gasteiger partial charge on any atom is -0.295 e. The van der Waals surface area contributed by atoms with E-state index in [1.807, 2.05) is 50.2 Å². The molecule has 0 N–H and O–H groups in total. The zero-order valence-electron chi connectivity index (χ0n) is 16.2. The van der Waals surface area contributed by atoms with Crippen LogP contribution in [0.15, 0.2) is 59.7 Å². The maximum Gasteiger partial charge on any atom is 0.243 e. The SMILES string of the molecule is CC(=O)c1cccc(C2=NN(C(=O)CCCc3ccccc3)C(C)(C)C2)c1. The van der Waals surface area contributed by atoms with Crippen LogP contribution >= 0.6 is 0 Å². The Labute approximate surface area is 160 Å². The van der Waals surface area contributed by atoms with Gasteiger partial charge in [0, 0.05) is 18.4 Å². The summed E-state index contributed by atoms with van der Waals surface area (Å²) in [4.78, 5) is 24.4. The van der Waals surface area contributed by atoms with E-state index < -0.39 is 0 Å². The normalized spacial score (nSPS) is 15.5. The van der Waals surface area contributed by atoms with Gasteiger partial charge in [-0.3, -0.25) is 9.59 Å². The van der Waals surface area contributed by atoms with E-state index in [-0.39, 0.29) is 17.2 Å². The number of hydrogen-bond donors (Lipinski definition) is 0. The standard InChI is InChI=1S/C23H26N2O2/c1-17(26)19-12-8-13-20(15-19)21-16-23(2,3)25(24-21)22(27)14-7-11-18-9-5-4-6-10-18/h4-6,8-10,12-13,15H,7,11,14,16H2,1-3H3. The predicted octanol–water partition coefficient (Wildman–Crippen LogP) is 4.63. The molecular weight excluding hydrogens is 336 g/mol. The second kappa shape index (κ2) is 7.87. The van der Waals surface area contributed by atoms with Crippen molar-refractivity contribution in [1.29, 1.82) is 0 Å². The molecule has 0 aromatic heterocycles.